The van der Waals surface area contributed by atoms with E-state index in [2.05, 4.69) is 70.6 Å². The first-order chi connectivity index (χ1) is 7.81. The van der Waals surface area contributed by atoms with Crippen molar-refractivity contribution in [1.82, 2.24) is 4.23 Å². The van der Waals surface area contributed by atoms with E-state index < -0.39 is 16.5 Å². The molecule has 1 fully saturated rings. The van der Waals surface area contributed by atoms with Crippen molar-refractivity contribution in [2.24, 2.45) is 0 Å². The fourth-order valence-corrected chi connectivity index (χ4v) is 17.0. The van der Waals surface area contributed by atoms with Crippen molar-refractivity contribution in [3.63, 3.8) is 0 Å². The summed E-state index contributed by atoms with van der Waals surface area (Å²) in [6.07, 6.45) is 0. The molecule has 94 valence electrons. The van der Waals surface area contributed by atoms with Crippen LogP contribution in [-0.2, 0) is 6.54 Å². The summed E-state index contributed by atoms with van der Waals surface area (Å²) >= 11 is 3.51. The van der Waals surface area contributed by atoms with Gasteiger partial charge in [-0.25, -0.2) is 0 Å². The topological polar surface area (TPSA) is 3.24 Å². The van der Waals surface area contributed by atoms with Crippen LogP contribution in [-0.4, -0.2) is 20.7 Å². The van der Waals surface area contributed by atoms with E-state index in [0.29, 0.717) is 0 Å². The lowest BCUT2D eigenvalue weighted by Gasteiger charge is -2.39. The maximum atomic E-state index is 3.51. The predicted molar refractivity (Wildman–Crippen MR) is 84.3 cm³/mol. The van der Waals surface area contributed by atoms with Crippen LogP contribution in [0.15, 0.2) is 28.7 Å². The van der Waals surface area contributed by atoms with Crippen LogP contribution >= 0.6 is 15.9 Å². The number of halogens is 1. The normalized spacial score (nSPS) is 22.9. The Morgan fingerprint density at radius 1 is 1.00 bits per heavy atom. The van der Waals surface area contributed by atoms with Crippen LogP contribution < -0.4 is 0 Å². The van der Waals surface area contributed by atoms with Gasteiger partial charge in [0.05, 0.1) is 0 Å². The quantitative estimate of drug-likeness (QED) is 0.713. The van der Waals surface area contributed by atoms with E-state index in [-0.39, 0.29) is 0 Å². The Morgan fingerprint density at radius 2 is 1.47 bits per heavy atom. The van der Waals surface area contributed by atoms with Crippen LogP contribution in [0.4, 0.5) is 0 Å². The van der Waals surface area contributed by atoms with Gasteiger partial charge in [-0.1, -0.05) is 54.3 Å². The molecule has 1 aromatic carbocycles. The van der Waals surface area contributed by atoms with E-state index in [1.165, 1.54) is 28.7 Å². The number of hydrogen-bond donors (Lipinski definition) is 0. The van der Waals surface area contributed by atoms with E-state index in [0.717, 1.165) is 0 Å². The highest BCUT2D eigenvalue weighted by atomic mass is 79.9. The van der Waals surface area contributed by atoms with Crippen LogP contribution in [0.2, 0.25) is 38.3 Å². The fraction of sp³-hybridized carbons (Fsp3) is 0.538. The van der Waals surface area contributed by atoms with E-state index in [9.17, 15) is 0 Å². The molecule has 1 saturated heterocycles. The number of nitrogens with zero attached hydrogens (tertiary/aromatic N) is 1. The van der Waals surface area contributed by atoms with Crippen molar-refractivity contribution >= 4 is 32.4 Å². The van der Waals surface area contributed by atoms with Gasteiger partial charge in [-0.2, -0.15) is 0 Å². The molecule has 0 spiro atoms. The number of benzene rings is 1. The lowest BCUT2D eigenvalue weighted by atomic mass is 10.2. The third-order valence-electron chi connectivity index (χ3n) is 4.06. The Kier molecular flexibility index (Phi) is 3.70. The van der Waals surface area contributed by atoms with Gasteiger partial charge in [-0.15, -0.1) is 0 Å². The molecule has 1 heterocycles. The van der Waals surface area contributed by atoms with E-state index in [1.54, 1.807) is 0 Å². The standard InChI is InChI=1S/C13H22BrNSi2/c1-16(2)9-10-17(3,4)15(16)11-12-5-7-13(14)8-6-12/h5-8H,9-11H2,1-4H3. The largest absolute Gasteiger partial charge is 0.342 e. The minimum atomic E-state index is -1.12. The van der Waals surface area contributed by atoms with Crippen molar-refractivity contribution in [1.29, 1.82) is 0 Å². The van der Waals surface area contributed by atoms with Gasteiger partial charge in [-0.05, 0) is 29.8 Å². The fourth-order valence-electron chi connectivity index (χ4n) is 2.90. The molecule has 0 atom stereocenters. The molecule has 4 heteroatoms. The molecule has 1 aromatic rings. The molecule has 0 bridgehead atoms. The summed E-state index contributed by atoms with van der Waals surface area (Å²) in [5.41, 5.74) is 1.47. The summed E-state index contributed by atoms with van der Waals surface area (Å²) in [7, 11) is -2.24. The molecule has 2 rings (SSSR count). The third kappa shape index (κ3) is 2.92. The van der Waals surface area contributed by atoms with Crippen molar-refractivity contribution < 1.29 is 0 Å². The van der Waals surface area contributed by atoms with Crippen LogP contribution in [0.1, 0.15) is 5.56 Å². The van der Waals surface area contributed by atoms with Gasteiger partial charge in [0.2, 0.25) is 0 Å². The van der Waals surface area contributed by atoms with E-state index in [4.69, 9.17) is 0 Å². The Balaban J connectivity index is 2.19. The highest BCUT2D eigenvalue weighted by Gasteiger charge is 2.46. The van der Waals surface area contributed by atoms with Gasteiger partial charge >= 0.3 is 0 Å². The smallest absolute Gasteiger partial charge is 0.115 e. The summed E-state index contributed by atoms with van der Waals surface area (Å²) in [4.78, 5) is 0. The first-order valence-electron chi connectivity index (χ1n) is 6.33. The molecule has 0 unspecified atom stereocenters. The van der Waals surface area contributed by atoms with Gasteiger partial charge in [0.25, 0.3) is 0 Å². The molecule has 0 radical (unpaired) electrons. The van der Waals surface area contributed by atoms with Crippen LogP contribution in [0.25, 0.3) is 0 Å². The second-order valence-corrected chi connectivity index (χ2v) is 17.0. The Bertz CT molecular complexity index is 384. The minimum absolute atomic E-state index is 1.12. The van der Waals surface area contributed by atoms with Gasteiger partial charge in [-0.3, -0.25) is 0 Å². The summed E-state index contributed by atoms with van der Waals surface area (Å²) in [5.74, 6) is 0. The molecular formula is C13H22BrNSi2. The average Bonchev–Trinajstić information content (AvgIpc) is 2.44. The van der Waals surface area contributed by atoms with Gasteiger partial charge in [0.15, 0.2) is 0 Å². The zero-order chi connectivity index (χ0) is 12.7. The summed E-state index contributed by atoms with van der Waals surface area (Å²) < 4.78 is 4.10. The van der Waals surface area contributed by atoms with E-state index >= 15 is 0 Å². The van der Waals surface area contributed by atoms with Gasteiger partial charge in [0, 0.05) is 11.0 Å². The van der Waals surface area contributed by atoms with Crippen molar-refractivity contribution in [3.05, 3.63) is 34.3 Å². The summed E-state index contributed by atoms with van der Waals surface area (Å²) in [6, 6.07) is 11.8. The molecule has 17 heavy (non-hydrogen) atoms. The second kappa shape index (κ2) is 4.65. The van der Waals surface area contributed by atoms with Crippen LogP contribution in [0, 0.1) is 0 Å². The predicted octanol–water partition coefficient (Wildman–Crippen LogP) is 4.67. The zero-order valence-electron chi connectivity index (χ0n) is 11.3. The highest BCUT2D eigenvalue weighted by Crippen LogP contribution is 2.37. The molecule has 0 aromatic heterocycles. The maximum absolute atomic E-state index is 3.51. The Labute approximate surface area is 116 Å². The molecule has 1 nitrogen and oxygen atoms in total. The molecule has 1 aliphatic heterocycles. The SMILES string of the molecule is C[Si]1(C)CC[Si](C)(C)N1Cc1ccc(Br)cc1. The molecule has 0 aliphatic carbocycles. The van der Waals surface area contributed by atoms with Crippen LogP contribution in [0.5, 0.6) is 0 Å². The second-order valence-electron chi connectivity index (χ2n) is 6.34. The lowest BCUT2D eigenvalue weighted by Crippen LogP contribution is -2.54. The molecule has 0 N–H and O–H groups in total. The number of hydrogen-bond acceptors (Lipinski definition) is 1. The average molecular weight is 328 g/mol. The molecule has 0 amide bonds. The molecule has 0 saturated carbocycles. The monoisotopic (exact) mass is 327 g/mol. The van der Waals surface area contributed by atoms with Crippen molar-refractivity contribution in [2.75, 3.05) is 0 Å². The minimum Gasteiger partial charge on any atom is -0.342 e. The molecule has 1 aliphatic rings. The summed E-state index contributed by atoms with van der Waals surface area (Å²) in [5, 5.41) is 0. The van der Waals surface area contributed by atoms with Crippen molar-refractivity contribution in [2.45, 2.75) is 44.8 Å². The zero-order valence-corrected chi connectivity index (χ0v) is 14.8. The Hall–Kier alpha value is 0.0938. The maximum Gasteiger partial charge on any atom is 0.115 e. The van der Waals surface area contributed by atoms with Gasteiger partial charge in [0.1, 0.15) is 16.5 Å². The van der Waals surface area contributed by atoms with Gasteiger partial charge < -0.3 is 4.23 Å². The summed E-state index contributed by atoms with van der Waals surface area (Å²) in [6.45, 7) is 11.3. The highest BCUT2D eigenvalue weighted by molar-refractivity contribution is 9.10. The van der Waals surface area contributed by atoms with E-state index in [1.807, 2.05) is 0 Å². The first-order valence-corrected chi connectivity index (χ1v) is 13.4. The first kappa shape index (κ1) is 13.5. The van der Waals surface area contributed by atoms with Crippen molar-refractivity contribution in [3.8, 4) is 0 Å². The lowest BCUT2D eigenvalue weighted by molar-refractivity contribution is 0.624. The third-order valence-corrected chi connectivity index (χ3v) is 14.9. The Morgan fingerprint density at radius 3 is 1.94 bits per heavy atom. The van der Waals surface area contributed by atoms with Crippen LogP contribution in [0.3, 0.4) is 0 Å². The number of rotatable bonds is 2. The molecular weight excluding hydrogens is 306 g/mol.